The number of rotatable bonds is 0. The van der Waals surface area contributed by atoms with Crippen molar-refractivity contribution in [3.63, 3.8) is 0 Å². The third-order valence-corrected chi connectivity index (χ3v) is 9.36. The predicted molar refractivity (Wildman–Crippen MR) is 94.3 cm³/mol. The van der Waals surface area contributed by atoms with Crippen LogP contribution in [0.2, 0.25) is 0 Å². The second kappa shape index (κ2) is 5.10. The number of ketones is 2. The van der Waals surface area contributed by atoms with Gasteiger partial charge in [-0.1, -0.05) is 38.5 Å². The van der Waals surface area contributed by atoms with Crippen LogP contribution in [0, 0.1) is 23.7 Å². The minimum atomic E-state index is -1.15. The highest BCUT2D eigenvalue weighted by Gasteiger charge is 2.81. The molecule has 0 aromatic rings. The van der Waals surface area contributed by atoms with Gasteiger partial charge >= 0.3 is 0 Å². The van der Waals surface area contributed by atoms with Crippen molar-refractivity contribution < 1.29 is 9.59 Å². The maximum Gasteiger partial charge on any atom is 0.183 e. The summed E-state index contributed by atoms with van der Waals surface area (Å²) in [6, 6.07) is 0. The van der Waals surface area contributed by atoms with E-state index in [1.54, 1.807) is 0 Å². The van der Waals surface area contributed by atoms with Gasteiger partial charge < -0.3 is 0 Å². The molecule has 3 saturated carbocycles. The first kappa shape index (κ1) is 15.9. The van der Waals surface area contributed by atoms with Crippen molar-refractivity contribution in [1.82, 2.24) is 0 Å². The minimum Gasteiger partial charge on any atom is -0.292 e. The number of carbonyl (C=O) groups is 2. The Morgan fingerprint density at radius 2 is 1.00 bits per heavy atom. The molecule has 0 heterocycles. The molecule has 2 nitrogen and oxygen atoms in total. The first-order valence-electron chi connectivity index (χ1n) is 9.74. The van der Waals surface area contributed by atoms with Gasteiger partial charge in [0.2, 0.25) is 0 Å². The first-order valence-corrected chi connectivity index (χ1v) is 10.5. The van der Waals surface area contributed by atoms with Crippen LogP contribution in [-0.4, -0.2) is 21.3 Å². The molecule has 5 aliphatic carbocycles. The Labute approximate surface area is 153 Å². The molecule has 0 spiro atoms. The molecule has 0 radical (unpaired) electrons. The molecule has 4 heteroatoms. The normalized spacial score (nSPS) is 50.4. The van der Waals surface area contributed by atoms with E-state index in [0.29, 0.717) is 0 Å². The second-order valence-electron chi connectivity index (χ2n) is 8.61. The minimum absolute atomic E-state index is 0.0266. The fraction of sp³-hybridized carbons (Fsp3) is 0.800. The van der Waals surface area contributed by atoms with Crippen molar-refractivity contribution in [1.29, 1.82) is 0 Å². The molecule has 0 aromatic carbocycles. The summed E-state index contributed by atoms with van der Waals surface area (Å²) in [5.41, 5.74) is 1.59. The summed E-state index contributed by atoms with van der Waals surface area (Å²) in [4.78, 5) is 24.5. The van der Waals surface area contributed by atoms with Gasteiger partial charge in [-0.2, -0.15) is 0 Å². The number of alkyl halides is 2. The van der Waals surface area contributed by atoms with Crippen molar-refractivity contribution in [3.8, 4) is 0 Å². The molecule has 3 fully saturated rings. The number of allylic oxidation sites excluding steroid dienone is 2. The number of fused-ring (bicyclic) bond motifs is 7. The van der Waals surface area contributed by atoms with E-state index < -0.39 is 9.75 Å². The van der Waals surface area contributed by atoms with Crippen LogP contribution >= 0.6 is 23.2 Å². The Bertz CT molecular complexity index is 613. The van der Waals surface area contributed by atoms with Gasteiger partial charge in [0.05, 0.1) is 0 Å². The summed E-state index contributed by atoms with van der Waals surface area (Å²) in [6.07, 6.45) is 11.0. The van der Waals surface area contributed by atoms with Crippen molar-refractivity contribution in [2.24, 2.45) is 23.7 Å². The summed E-state index contributed by atoms with van der Waals surface area (Å²) in [5.74, 6) is 0.803. The number of carbonyl (C=O) groups excluding carboxylic acids is 2. The number of Topliss-reactive ketones (excluding diaryl/α,β-unsaturated/α-hetero) is 2. The first-order chi connectivity index (χ1) is 11.5. The highest BCUT2D eigenvalue weighted by Crippen LogP contribution is 2.71. The predicted octanol–water partition coefficient (Wildman–Crippen LogP) is 4.81. The lowest BCUT2D eigenvalue weighted by Crippen LogP contribution is -2.80. The smallest absolute Gasteiger partial charge is 0.183 e. The van der Waals surface area contributed by atoms with Gasteiger partial charge in [-0.05, 0) is 49.4 Å². The second-order valence-corrected chi connectivity index (χ2v) is 9.80. The molecular formula is C20H24Cl2O2. The molecule has 6 atom stereocenters. The highest BCUT2D eigenvalue weighted by atomic mass is 35.5. The fourth-order valence-electron chi connectivity index (χ4n) is 6.65. The van der Waals surface area contributed by atoms with E-state index in [-0.39, 0.29) is 35.2 Å². The summed E-state index contributed by atoms with van der Waals surface area (Å²) in [6.45, 7) is 0. The Balaban J connectivity index is 1.60. The van der Waals surface area contributed by atoms with E-state index >= 15 is 0 Å². The van der Waals surface area contributed by atoms with Crippen molar-refractivity contribution >= 4 is 34.8 Å². The van der Waals surface area contributed by atoms with Crippen LogP contribution in [0.1, 0.15) is 64.2 Å². The molecule has 0 N–H and O–H groups in total. The van der Waals surface area contributed by atoms with E-state index in [2.05, 4.69) is 0 Å². The van der Waals surface area contributed by atoms with Crippen molar-refractivity contribution in [3.05, 3.63) is 11.1 Å². The van der Waals surface area contributed by atoms with Gasteiger partial charge in [0, 0.05) is 11.1 Å². The third-order valence-electron chi connectivity index (χ3n) is 7.77. The standard InChI is InChI=1S/C20H24Cl2O2/c21-19-13-9-5-6-10-14(13)20(19,22)18(24)16-12-8-4-2-1-3-7-11(12)15(16)17(19)23/h11-14H,1-10H2/t11-,12+,13-,14-,19-,20+/m1/s1. The molecule has 0 aromatic heterocycles. The molecule has 0 unspecified atom stereocenters. The topological polar surface area (TPSA) is 34.1 Å². The van der Waals surface area contributed by atoms with Crippen LogP contribution in [-0.2, 0) is 9.59 Å². The zero-order valence-corrected chi connectivity index (χ0v) is 15.5. The van der Waals surface area contributed by atoms with Gasteiger partial charge in [0.15, 0.2) is 11.6 Å². The van der Waals surface area contributed by atoms with E-state index in [9.17, 15) is 9.59 Å². The zero-order chi connectivity index (χ0) is 16.7. The number of hydrogen-bond acceptors (Lipinski definition) is 2. The van der Waals surface area contributed by atoms with E-state index in [0.717, 1.165) is 62.5 Å². The lowest BCUT2D eigenvalue weighted by atomic mass is 9.41. The molecular weight excluding hydrogens is 343 g/mol. The molecule has 5 rings (SSSR count). The van der Waals surface area contributed by atoms with Crippen LogP contribution in [0.4, 0.5) is 0 Å². The largest absolute Gasteiger partial charge is 0.292 e. The molecule has 130 valence electrons. The van der Waals surface area contributed by atoms with Crippen LogP contribution in [0.5, 0.6) is 0 Å². The van der Waals surface area contributed by atoms with Gasteiger partial charge in [-0.15, -0.1) is 23.2 Å². The van der Waals surface area contributed by atoms with Crippen LogP contribution in [0.15, 0.2) is 11.1 Å². The molecule has 0 bridgehead atoms. The summed E-state index contributed by atoms with van der Waals surface area (Å²) in [5, 5.41) is 0. The van der Waals surface area contributed by atoms with Gasteiger partial charge in [0.25, 0.3) is 0 Å². The summed E-state index contributed by atoms with van der Waals surface area (Å²) < 4.78 is 0. The van der Waals surface area contributed by atoms with Crippen LogP contribution in [0.3, 0.4) is 0 Å². The molecule has 24 heavy (non-hydrogen) atoms. The SMILES string of the molecule is O=C1C2=C(C(=O)[C@]3(Cl)[C@@H]4CCCC[C@H]4[C@]13Cl)[C@@H]1CCCCCC[C@H]21. The van der Waals surface area contributed by atoms with Gasteiger partial charge in [0.1, 0.15) is 9.75 Å². The lowest BCUT2D eigenvalue weighted by Gasteiger charge is -2.67. The number of hydrogen-bond donors (Lipinski definition) is 0. The highest BCUT2D eigenvalue weighted by molar-refractivity contribution is 6.56. The Morgan fingerprint density at radius 1 is 0.625 bits per heavy atom. The van der Waals surface area contributed by atoms with E-state index in [1.165, 1.54) is 12.8 Å². The maximum atomic E-state index is 13.4. The van der Waals surface area contributed by atoms with Gasteiger partial charge in [-0.25, -0.2) is 0 Å². The van der Waals surface area contributed by atoms with E-state index in [4.69, 9.17) is 23.2 Å². The lowest BCUT2D eigenvalue weighted by molar-refractivity contribution is -0.147. The Hall–Kier alpha value is -0.340. The Kier molecular flexibility index (Phi) is 3.37. The zero-order valence-electron chi connectivity index (χ0n) is 14.0. The third kappa shape index (κ3) is 1.57. The molecule has 5 aliphatic rings. The summed E-state index contributed by atoms with van der Waals surface area (Å²) in [7, 11) is 0. The molecule has 0 amide bonds. The van der Waals surface area contributed by atoms with Crippen molar-refractivity contribution in [2.45, 2.75) is 74.0 Å². The van der Waals surface area contributed by atoms with Crippen molar-refractivity contribution in [2.75, 3.05) is 0 Å². The average Bonchev–Trinajstić information content (AvgIpc) is 2.57. The fourth-order valence-corrected chi connectivity index (χ4v) is 7.82. The van der Waals surface area contributed by atoms with Crippen LogP contribution in [0.25, 0.3) is 0 Å². The summed E-state index contributed by atoms with van der Waals surface area (Å²) >= 11 is 13.9. The quantitative estimate of drug-likeness (QED) is 0.576. The average molecular weight is 367 g/mol. The number of halogens is 2. The Morgan fingerprint density at radius 3 is 1.42 bits per heavy atom. The monoisotopic (exact) mass is 366 g/mol. The maximum absolute atomic E-state index is 13.4. The van der Waals surface area contributed by atoms with E-state index in [1.807, 2.05) is 0 Å². The molecule has 0 aliphatic heterocycles. The molecule has 0 saturated heterocycles. The van der Waals surface area contributed by atoms with Crippen LogP contribution < -0.4 is 0 Å². The van der Waals surface area contributed by atoms with Gasteiger partial charge in [-0.3, -0.25) is 9.59 Å².